The van der Waals surface area contributed by atoms with Gasteiger partial charge in [0.2, 0.25) is 0 Å². The van der Waals surface area contributed by atoms with E-state index in [1.54, 1.807) is 11.3 Å². The summed E-state index contributed by atoms with van der Waals surface area (Å²) in [6, 6.07) is 0. The van der Waals surface area contributed by atoms with Crippen molar-refractivity contribution in [2.45, 2.75) is 57.8 Å². The van der Waals surface area contributed by atoms with Gasteiger partial charge in [-0.25, -0.2) is 4.98 Å². The first kappa shape index (κ1) is 13.5. The standard InChI is InChI=1S/C14H21NO2S/c1-2-17-13(16)9-8-12-10-18-14(15-12)11-6-4-3-5-7-11/h10-11H,2-9H2,1H3. The van der Waals surface area contributed by atoms with Crippen molar-refractivity contribution in [2.24, 2.45) is 0 Å². The van der Waals surface area contributed by atoms with Crippen molar-refractivity contribution in [1.82, 2.24) is 4.98 Å². The molecule has 1 fully saturated rings. The van der Waals surface area contributed by atoms with Crippen molar-refractivity contribution in [2.75, 3.05) is 6.61 Å². The number of carbonyl (C=O) groups is 1. The highest BCUT2D eigenvalue weighted by atomic mass is 32.1. The second-order valence-electron chi connectivity index (χ2n) is 4.82. The van der Waals surface area contributed by atoms with Gasteiger partial charge >= 0.3 is 5.97 Å². The van der Waals surface area contributed by atoms with Crippen LogP contribution < -0.4 is 0 Å². The molecule has 3 nitrogen and oxygen atoms in total. The molecule has 1 aliphatic carbocycles. The minimum atomic E-state index is -0.121. The molecule has 1 heterocycles. The molecule has 0 spiro atoms. The van der Waals surface area contributed by atoms with E-state index in [0.29, 0.717) is 25.4 Å². The molecule has 0 N–H and O–H groups in total. The lowest BCUT2D eigenvalue weighted by molar-refractivity contribution is -0.143. The van der Waals surface area contributed by atoms with Gasteiger partial charge in [-0.3, -0.25) is 4.79 Å². The first-order valence-corrected chi connectivity index (χ1v) is 7.77. The van der Waals surface area contributed by atoms with E-state index in [1.807, 2.05) is 6.92 Å². The molecule has 0 atom stereocenters. The summed E-state index contributed by atoms with van der Waals surface area (Å²) in [4.78, 5) is 16.0. The second kappa shape index (κ2) is 6.88. The lowest BCUT2D eigenvalue weighted by Crippen LogP contribution is -2.06. The van der Waals surface area contributed by atoms with Crippen molar-refractivity contribution < 1.29 is 9.53 Å². The van der Waals surface area contributed by atoms with E-state index < -0.39 is 0 Å². The molecule has 100 valence electrons. The topological polar surface area (TPSA) is 39.2 Å². The first-order valence-electron chi connectivity index (χ1n) is 6.89. The Bertz CT molecular complexity index is 383. The lowest BCUT2D eigenvalue weighted by Gasteiger charge is -2.18. The van der Waals surface area contributed by atoms with E-state index in [4.69, 9.17) is 4.74 Å². The van der Waals surface area contributed by atoms with Crippen molar-refractivity contribution in [3.8, 4) is 0 Å². The third-order valence-corrected chi connectivity index (χ3v) is 4.47. The van der Waals surface area contributed by atoms with Crippen molar-refractivity contribution in [1.29, 1.82) is 0 Å². The number of esters is 1. The van der Waals surface area contributed by atoms with Gasteiger partial charge in [0.1, 0.15) is 0 Å². The molecule has 2 rings (SSSR count). The van der Waals surface area contributed by atoms with Crippen LogP contribution in [0.1, 0.15) is 62.1 Å². The fraction of sp³-hybridized carbons (Fsp3) is 0.714. The molecule has 0 saturated heterocycles. The summed E-state index contributed by atoms with van der Waals surface area (Å²) in [5.41, 5.74) is 1.05. The summed E-state index contributed by atoms with van der Waals surface area (Å²) in [5, 5.41) is 3.37. The largest absolute Gasteiger partial charge is 0.466 e. The highest BCUT2D eigenvalue weighted by Crippen LogP contribution is 2.34. The Kier molecular flexibility index (Phi) is 5.17. The van der Waals surface area contributed by atoms with Gasteiger partial charge < -0.3 is 4.74 Å². The fourth-order valence-corrected chi connectivity index (χ4v) is 3.46. The number of ether oxygens (including phenoxy) is 1. The monoisotopic (exact) mass is 267 g/mol. The predicted molar refractivity (Wildman–Crippen MR) is 72.9 cm³/mol. The molecular formula is C14H21NO2S. The minimum Gasteiger partial charge on any atom is -0.466 e. The number of thiazole rings is 1. The maximum atomic E-state index is 11.3. The molecule has 18 heavy (non-hydrogen) atoms. The first-order chi connectivity index (χ1) is 8.79. The molecular weight excluding hydrogens is 246 g/mol. The smallest absolute Gasteiger partial charge is 0.306 e. The third kappa shape index (κ3) is 3.80. The number of carbonyl (C=O) groups excluding carboxylic acids is 1. The molecule has 0 aliphatic heterocycles. The Morgan fingerprint density at radius 1 is 1.44 bits per heavy atom. The summed E-state index contributed by atoms with van der Waals surface area (Å²) in [6.07, 6.45) is 7.77. The maximum absolute atomic E-state index is 11.3. The maximum Gasteiger partial charge on any atom is 0.306 e. The third-order valence-electron chi connectivity index (χ3n) is 3.41. The van der Waals surface area contributed by atoms with Gasteiger partial charge in [-0.2, -0.15) is 0 Å². The Hall–Kier alpha value is -0.900. The quantitative estimate of drug-likeness (QED) is 0.764. The van der Waals surface area contributed by atoms with Crippen LogP contribution in [0.25, 0.3) is 0 Å². The van der Waals surface area contributed by atoms with E-state index in [0.717, 1.165) is 5.69 Å². The average Bonchev–Trinajstić information content (AvgIpc) is 2.87. The Morgan fingerprint density at radius 2 is 2.22 bits per heavy atom. The number of hydrogen-bond donors (Lipinski definition) is 0. The molecule has 0 unspecified atom stereocenters. The Labute approximate surface area is 113 Å². The highest BCUT2D eigenvalue weighted by Gasteiger charge is 2.18. The molecule has 4 heteroatoms. The van der Waals surface area contributed by atoms with E-state index in [2.05, 4.69) is 10.4 Å². The SMILES string of the molecule is CCOC(=O)CCc1csc(C2CCCCC2)n1. The van der Waals surface area contributed by atoms with Crippen molar-refractivity contribution in [3.63, 3.8) is 0 Å². The Morgan fingerprint density at radius 3 is 2.94 bits per heavy atom. The fourth-order valence-electron chi connectivity index (χ4n) is 2.44. The normalized spacial score (nSPS) is 16.7. The lowest BCUT2D eigenvalue weighted by atomic mass is 9.90. The van der Waals surface area contributed by atoms with Gasteiger partial charge in [-0.15, -0.1) is 11.3 Å². The van der Waals surface area contributed by atoms with Gasteiger partial charge in [0, 0.05) is 17.7 Å². The van der Waals surface area contributed by atoms with Crippen LogP contribution in [0.3, 0.4) is 0 Å². The number of aromatic nitrogens is 1. The van der Waals surface area contributed by atoms with E-state index in [1.165, 1.54) is 37.1 Å². The van der Waals surface area contributed by atoms with Crippen LogP contribution >= 0.6 is 11.3 Å². The molecule has 1 aromatic rings. The summed E-state index contributed by atoms with van der Waals surface area (Å²) in [7, 11) is 0. The van der Waals surface area contributed by atoms with Crippen LogP contribution in [0.15, 0.2) is 5.38 Å². The van der Waals surface area contributed by atoms with Crippen LogP contribution in [0.2, 0.25) is 0 Å². The number of aryl methyl sites for hydroxylation is 1. The van der Waals surface area contributed by atoms with E-state index >= 15 is 0 Å². The molecule has 1 saturated carbocycles. The molecule has 0 radical (unpaired) electrons. The van der Waals surface area contributed by atoms with Gasteiger partial charge in [0.25, 0.3) is 0 Å². The zero-order valence-electron chi connectivity index (χ0n) is 11.0. The summed E-state index contributed by atoms with van der Waals surface area (Å²) >= 11 is 1.76. The van der Waals surface area contributed by atoms with Crippen LogP contribution in [0.5, 0.6) is 0 Å². The van der Waals surface area contributed by atoms with Crippen LogP contribution in [-0.2, 0) is 16.0 Å². The van der Waals surface area contributed by atoms with Gasteiger partial charge in [0.05, 0.1) is 23.7 Å². The number of nitrogens with zero attached hydrogens (tertiary/aromatic N) is 1. The second-order valence-corrected chi connectivity index (χ2v) is 5.71. The van der Waals surface area contributed by atoms with E-state index in [-0.39, 0.29) is 5.97 Å². The summed E-state index contributed by atoms with van der Waals surface area (Å²) < 4.78 is 4.92. The average molecular weight is 267 g/mol. The van der Waals surface area contributed by atoms with Crippen LogP contribution in [0.4, 0.5) is 0 Å². The van der Waals surface area contributed by atoms with Crippen molar-refractivity contribution >= 4 is 17.3 Å². The van der Waals surface area contributed by atoms with Crippen LogP contribution in [-0.4, -0.2) is 17.6 Å². The zero-order chi connectivity index (χ0) is 12.8. The molecule has 1 aromatic heterocycles. The molecule has 1 aliphatic rings. The zero-order valence-corrected chi connectivity index (χ0v) is 11.8. The van der Waals surface area contributed by atoms with Gasteiger partial charge in [-0.1, -0.05) is 19.3 Å². The van der Waals surface area contributed by atoms with Gasteiger partial charge in [0.15, 0.2) is 0 Å². The summed E-state index contributed by atoms with van der Waals surface area (Å²) in [6.45, 7) is 2.30. The number of hydrogen-bond acceptors (Lipinski definition) is 4. The predicted octanol–water partition coefficient (Wildman–Crippen LogP) is 3.69. The van der Waals surface area contributed by atoms with Crippen LogP contribution in [0, 0.1) is 0 Å². The molecule has 0 bridgehead atoms. The van der Waals surface area contributed by atoms with E-state index in [9.17, 15) is 4.79 Å². The Balaban J connectivity index is 1.83. The summed E-state index contributed by atoms with van der Waals surface area (Å²) in [5.74, 6) is 0.546. The van der Waals surface area contributed by atoms with Gasteiger partial charge in [-0.05, 0) is 19.8 Å². The number of rotatable bonds is 5. The van der Waals surface area contributed by atoms with Crippen molar-refractivity contribution in [3.05, 3.63) is 16.1 Å². The highest BCUT2D eigenvalue weighted by molar-refractivity contribution is 7.09. The molecule has 0 amide bonds. The minimum absolute atomic E-state index is 0.121. The molecule has 0 aromatic carbocycles.